The van der Waals surface area contributed by atoms with Crippen LogP contribution in [-0.2, 0) is 30.0 Å². The number of hydrogen-bond donors (Lipinski definition) is 4. The van der Waals surface area contributed by atoms with Gasteiger partial charge in [-0.1, -0.05) is 41.7 Å². The Balaban J connectivity index is 1.24. The van der Waals surface area contributed by atoms with Gasteiger partial charge in [0.25, 0.3) is 0 Å². The van der Waals surface area contributed by atoms with Crippen molar-refractivity contribution in [2.24, 2.45) is 0 Å². The number of anilines is 1. The molecule has 2 saturated heterocycles. The number of imidazole rings is 1. The Labute approximate surface area is 227 Å². The van der Waals surface area contributed by atoms with Crippen molar-refractivity contribution in [2.45, 2.75) is 50.0 Å². The van der Waals surface area contributed by atoms with Crippen molar-refractivity contribution in [1.82, 2.24) is 24.6 Å². The van der Waals surface area contributed by atoms with Gasteiger partial charge in [0.05, 0.1) is 20.0 Å². The van der Waals surface area contributed by atoms with Gasteiger partial charge in [-0.2, -0.15) is 9.97 Å². The van der Waals surface area contributed by atoms with Crippen molar-refractivity contribution in [3.8, 4) is 5.88 Å². The van der Waals surface area contributed by atoms with Gasteiger partial charge in [0, 0.05) is 5.75 Å². The molecule has 210 valence electrons. The van der Waals surface area contributed by atoms with E-state index in [0.717, 1.165) is 16.9 Å². The second kappa shape index (κ2) is 11.0. The third-order valence-electron chi connectivity index (χ3n) is 6.51. The van der Waals surface area contributed by atoms with Crippen molar-refractivity contribution >= 4 is 41.2 Å². The molecule has 6 atom stereocenters. The van der Waals surface area contributed by atoms with Crippen LogP contribution in [0.25, 0.3) is 11.2 Å². The monoisotopic (exact) mass is 580 g/mol. The molecule has 5 N–H and O–H groups in total. The second-order valence-corrected chi connectivity index (χ2v) is 13.7. The lowest BCUT2D eigenvalue weighted by molar-refractivity contribution is -0.147. The van der Waals surface area contributed by atoms with Crippen LogP contribution >= 0.6 is 18.1 Å². The molecule has 0 radical (unpaired) electrons. The normalized spacial score (nSPS) is 30.9. The molecule has 2 aromatic heterocycles. The molecular weight excluding hydrogens is 551 g/mol. The van der Waals surface area contributed by atoms with Gasteiger partial charge in [-0.05, 0) is 18.9 Å². The lowest BCUT2D eigenvalue weighted by atomic mass is 9.96. The average molecular weight is 581 g/mol. The van der Waals surface area contributed by atoms with Gasteiger partial charge < -0.3 is 34.7 Å². The van der Waals surface area contributed by atoms with E-state index in [4.69, 9.17) is 24.5 Å². The zero-order valence-electron chi connectivity index (χ0n) is 21.2. The summed E-state index contributed by atoms with van der Waals surface area (Å²) in [5, 5.41) is 24.8. The van der Waals surface area contributed by atoms with Crippen LogP contribution in [0.5, 0.6) is 5.88 Å². The van der Waals surface area contributed by atoms with E-state index in [1.54, 1.807) is 0 Å². The Bertz CT molecular complexity index is 1390. The van der Waals surface area contributed by atoms with Gasteiger partial charge in [0.15, 0.2) is 17.4 Å². The summed E-state index contributed by atoms with van der Waals surface area (Å²) in [6.45, 7) is -2.39. The maximum Gasteiger partial charge on any atom is 0.327 e. The Morgan fingerprint density at radius 3 is 2.87 bits per heavy atom. The molecule has 0 amide bonds. The van der Waals surface area contributed by atoms with Crippen LogP contribution in [0, 0.1) is 0 Å². The number of aromatic nitrogens is 4. The number of ether oxygens (including phenoxy) is 3. The molecule has 4 heterocycles. The van der Waals surface area contributed by atoms with E-state index in [2.05, 4.69) is 20.0 Å². The molecule has 14 nitrogen and oxygen atoms in total. The maximum absolute atomic E-state index is 13.4. The van der Waals surface area contributed by atoms with Gasteiger partial charge >= 0.3 is 12.7 Å². The van der Waals surface area contributed by atoms with E-state index < -0.39 is 42.8 Å². The molecule has 2 unspecified atom stereocenters. The number of aliphatic hydroxyl groups excluding tert-OH is 1. The number of nitrogens with one attached hydrogen (secondary N) is 1. The van der Waals surface area contributed by atoms with Crippen LogP contribution in [0.15, 0.2) is 36.7 Å². The van der Waals surface area contributed by atoms with Crippen LogP contribution in [0.2, 0.25) is 0 Å². The second-order valence-electron chi connectivity index (χ2n) is 9.30. The fraction of sp³-hybridized carbons (Fsp3) is 0.478. The average Bonchev–Trinajstić information content (AvgIpc) is 3.43. The first kappa shape index (κ1) is 27.8. The van der Waals surface area contributed by atoms with Gasteiger partial charge in [0.1, 0.15) is 30.5 Å². The lowest BCUT2D eigenvalue weighted by Gasteiger charge is -2.29. The zero-order valence-corrected chi connectivity index (χ0v) is 22.9. The number of nitrogen functional groups attached to an aromatic ring is 1. The number of carbonyl (C=O) groups is 1. The summed E-state index contributed by atoms with van der Waals surface area (Å²) in [7, 11) is 1.41. The molecule has 5 rings (SSSR count). The van der Waals surface area contributed by atoms with E-state index in [1.807, 2.05) is 30.3 Å². The van der Waals surface area contributed by atoms with Gasteiger partial charge in [-0.15, -0.1) is 0 Å². The largest absolute Gasteiger partial charge is 0.479 e. The van der Waals surface area contributed by atoms with E-state index in [0.29, 0.717) is 12.2 Å². The van der Waals surface area contributed by atoms with Gasteiger partial charge in [-0.3, -0.25) is 13.9 Å². The molecule has 3 aromatic rings. The maximum atomic E-state index is 13.4. The number of fused-ring (bicyclic) bond motifs is 1. The van der Waals surface area contributed by atoms with E-state index in [1.165, 1.54) is 24.9 Å². The van der Waals surface area contributed by atoms with Crippen molar-refractivity contribution in [1.29, 1.82) is 0 Å². The van der Waals surface area contributed by atoms with Gasteiger partial charge in [0.2, 0.25) is 11.8 Å². The molecule has 0 bridgehead atoms. The quantitative estimate of drug-likeness (QED) is 0.220. The minimum Gasteiger partial charge on any atom is -0.479 e. The SMILES string of the molecule is COc1nc(N)nc2c1ncn2C1O[C@H](COP2(=O)N[C@@H](C(=O)OCc3ccccc3)CCS2)[C@@H](O)[C@@]1(C)O. The summed E-state index contributed by atoms with van der Waals surface area (Å²) in [6.07, 6.45) is -1.86. The van der Waals surface area contributed by atoms with Crippen molar-refractivity contribution in [2.75, 3.05) is 25.2 Å². The topological polar surface area (TPSA) is 193 Å². The predicted octanol–water partition coefficient (Wildman–Crippen LogP) is 1.39. The van der Waals surface area contributed by atoms with Crippen molar-refractivity contribution < 1.29 is 38.3 Å². The molecule has 2 aliphatic heterocycles. The van der Waals surface area contributed by atoms with Crippen molar-refractivity contribution in [3.63, 3.8) is 0 Å². The molecule has 0 saturated carbocycles. The Morgan fingerprint density at radius 1 is 1.36 bits per heavy atom. The van der Waals surface area contributed by atoms with Crippen LogP contribution in [-0.4, -0.2) is 79.0 Å². The van der Waals surface area contributed by atoms with E-state index in [9.17, 15) is 19.6 Å². The summed E-state index contributed by atoms with van der Waals surface area (Å²) in [5.41, 5.74) is 5.33. The number of rotatable bonds is 8. The third-order valence-corrected chi connectivity index (χ3v) is 10.6. The number of carbonyl (C=O) groups excluding carboxylic acids is 1. The highest BCUT2D eigenvalue weighted by Gasteiger charge is 2.54. The van der Waals surface area contributed by atoms with E-state index in [-0.39, 0.29) is 36.2 Å². The van der Waals surface area contributed by atoms with Crippen LogP contribution in [0.3, 0.4) is 0 Å². The van der Waals surface area contributed by atoms with Gasteiger partial charge in [-0.25, -0.2) is 10.1 Å². The summed E-state index contributed by atoms with van der Waals surface area (Å²) < 4.78 is 37.0. The number of aliphatic hydroxyl groups is 2. The standard InChI is InChI=1S/C23H29N6O8PS/c1-23(32)17(30)15(37-21(23)29-12-25-16-18(29)26-22(24)27-19(16)34-2)11-36-38(33)28-14(8-9-39-38)20(31)35-10-13-6-4-3-5-7-13/h3-7,12,14-15,17,21,30,32H,8-11H2,1-2H3,(H,28,33)(H2,24,26,27)/t14-,15-,17-,21?,23-,38?/m1/s1. The predicted molar refractivity (Wildman–Crippen MR) is 141 cm³/mol. The minimum atomic E-state index is -3.56. The third kappa shape index (κ3) is 5.61. The number of benzene rings is 1. The Morgan fingerprint density at radius 2 is 2.13 bits per heavy atom. The summed E-state index contributed by atoms with van der Waals surface area (Å²) in [5.74, 6) is -0.0701. The van der Waals surface area contributed by atoms with Crippen LogP contribution < -0.4 is 15.6 Å². The Kier molecular flexibility index (Phi) is 7.84. The summed E-state index contributed by atoms with van der Waals surface area (Å²) in [6, 6.07) is 8.42. The molecule has 16 heteroatoms. The molecule has 1 aromatic carbocycles. The zero-order chi connectivity index (χ0) is 27.8. The number of esters is 1. The van der Waals surface area contributed by atoms with E-state index >= 15 is 0 Å². The smallest absolute Gasteiger partial charge is 0.327 e. The van der Waals surface area contributed by atoms with Crippen LogP contribution in [0.4, 0.5) is 5.95 Å². The first-order chi connectivity index (χ1) is 18.6. The van der Waals surface area contributed by atoms with Crippen LogP contribution in [0.1, 0.15) is 25.1 Å². The minimum absolute atomic E-state index is 0.0745. The highest BCUT2D eigenvalue weighted by atomic mass is 32.7. The molecular formula is C23H29N6O8PS. The summed E-state index contributed by atoms with van der Waals surface area (Å²) >= 11 is 1.05. The Hall–Kier alpha value is -2.78. The fourth-order valence-corrected chi connectivity index (χ4v) is 8.24. The lowest BCUT2D eigenvalue weighted by Crippen LogP contribution is -2.44. The number of nitrogens with zero attached hydrogens (tertiary/aromatic N) is 4. The number of hydrogen-bond acceptors (Lipinski definition) is 13. The molecule has 0 aliphatic carbocycles. The highest BCUT2D eigenvalue weighted by molar-refractivity contribution is 8.56. The first-order valence-corrected chi connectivity index (χ1v) is 15.3. The van der Waals surface area contributed by atoms with Crippen molar-refractivity contribution in [3.05, 3.63) is 42.2 Å². The summed E-state index contributed by atoms with van der Waals surface area (Å²) in [4.78, 5) is 25.0. The molecule has 0 spiro atoms. The number of methoxy groups -OCH3 is 1. The molecule has 2 aliphatic rings. The molecule has 2 fully saturated rings. The first-order valence-electron chi connectivity index (χ1n) is 12.1. The number of nitrogens with two attached hydrogens (primary N) is 1. The molecule has 39 heavy (non-hydrogen) atoms. The highest BCUT2D eigenvalue weighted by Crippen LogP contribution is 2.59. The fourth-order valence-electron chi connectivity index (χ4n) is 4.43.